The number of amides is 1. The SMILES string of the molecule is O=C(N[C@@H]1CCN2CCCC[C@@H]12)c1cccnc1Nc1ccccc1F. The largest absolute Gasteiger partial charge is 0.348 e. The van der Waals surface area contributed by atoms with E-state index in [2.05, 4.69) is 20.5 Å². The number of nitrogens with one attached hydrogen (secondary N) is 2. The van der Waals surface area contributed by atoms with Gasteiger partial charge in [-0.25, -0.2) is 9.37 Å². The standard InChI is InChI=1S/C20H23FN4O/c21-15-7-1-2-8-16(15)23-19-14(6-5-11-22-19)20(26)24-17-10-13-25-12-4-3-9-18(17)25/h1-2,5-8,11,17-18H,3-4,9-10,12-13H2,(H,22,23)(H,24,26)/t17-,18+/m1/s1. The zero-order valence-corrected chi connectivity index (χ0v) is 14.6. The maximum absolute atomic E-state index is 13.9. The second-order valence-electron chi connectivity index (χ2n) is 6.97. The second-order valence-corrected chi connectivity index (χ2v) is 6.97. The molecule has 2 saturated heterocycles. The van der Waals surface area contributed by atoms with Gasteiger partial charge in [0.1, 0.15) is 11.6 Å². The first-order valence-corrected chi connectivity index (χ1v) is 9.24. The van der Waals surface area contributed by atoms with Crippen molar-refractivity contribution in [1.82, 2.24) is 15.2 Å². The average Bonchev–Trinajstić information content (AvgIpc) is 3.07. The van der Waals surface area contributed by atoms with Gasteiger partial charge in [0.25, 0.3) is 5.91 Å². The Bertz CT molecular complexity index is 797. The summed E-state index contributed by atoms with van der Waals surface area (Å²) in [5.41, 5.74) is 0.740. The fourth-order valence-corrected chi connectivity index (χ4v) is 4.04. The fourth-order valence-electron chi connectivity index (χ4n) is 4.04. The van der Waals surface area contributed by atoms with Crippen LogP contribution in [0.5, 0.6) is 0 Å². The monoisotopic (exact) mass is 354 g/mol. The van der Waals surface area contributed by atoms with E-state index in [0.717, 1.165) is 25.9 Å². The number of pyridine rings is 1. The first kappa shape index (κ1) is 17.0. The predicted octanol–water partition coefficient (Wildman–Crippen LogP) is 3.32. The highest BCUT2D eigenvalue weighted by atomic mass is 19.1. The van der Waals surface area contributed by atoms with Crippen LogP contribution < -0.4 is 10.6 Å². The van der Waals surface area contributed by atoms with E-state index in [1.54, 1.807) is 36.5 Å². The van der Waals surface area contributed by atoms with E-state index in [4.69, 9.17) is 0 Å². The molecule has 26 heavy (non-hydrogen) atoms. The van der Waals surface area contributed by atoms with Crippen molar-refractivity contribution in [3.63, 3.8) is 0 Å². The Balaban J connectivity index is 1.51. The molecule has 4 rings (SSSR count). The maximum atomic E-state index is 13.9. The van der Waals surface area contributed by atoms with E-state index in [-0.39, 0.29) is 17.8 Å². The minimum Gasteiger partial charge on any atom is -0.348 e. The van der Waals surface area contributed by atoms with Crippen LogP contribution in [-0.4, -0.2) is 41.0 Å². The van der Waals surface area contributed by atoms with Crippen molar-refractivity contribution in [2.24, 2.45) is 0 Å². The number of piperidine rings is 1. The molecule has 0 unspecified atom stereocenters. The first-order valence-electron chi connectivity index (χ1n) is 9.24. The third-order valence-corrected chi connectivity index (χ3v) is 5.35. The Hall–Kier alpha value is -2.47. The van der Waals surface area contributed by atoms with Gasteiger partial charge in [0, 0.05) is 24.8 Å². The van der Waals surface area contributed by atoms with Gasteiger partial charge in [0.2, 0.25) is 0 Å². The summed E-state index contributed by atoms with van der Waals surface area (Å²) in [6, 6.07) is 10.4. The highest BCUT2D eigenvalue weighted by Crippen LogP contribution is 2.28. The van der Waals surface area contributed by atoms with Gasteiger partial charge in [-0.05, 0) is 50.1 Å². The van der Waals surface area contributed by atoms with Crippen LogP contribution >= 0.6 is 0 Å². The van der Waals surface area contributed by atoms with Crippen LogP contribution in [0.1, 0.15) is 36.0 Å². The summed E-state index contributed by atoms with van der Waals surface area (Å²) in [7, 11) is 0. The fraction of sp³-hybridized carbons (Fsp3) is 0.400. The molecule has 2 aliphatic heterocycles. The molecule has 1 aromatic heterocycles. The van der Waals surface area contributed by atoms with Gasteiger partial charge in [-0.15, -0.1) is 0 Å². The molecule has 6 heteroatoms. The van der Waals surface area contributed by atoms with E-state index < -0.39 is 0 Å². The molecule has 0 saturated carbocycles. The van der Waals surface area contributed by atoms with Crippen molar-refractivity contribution in [1.29, 1.82) is 0 Å². The number of carbonyl (C=O) groups is 1. The zero-order chi connectivity index (χ0) is 17.9. The van der Waals surface area contributed by atoms with Crippen molar-refractivity contribution < 1.29 is 9.18 Å². The van der Waals surface area contributed by atoms with Crippen molar-refractivity contribution >= 4 is 17.4 Å². The molecule has 2 fully saturated rings. The number of para-hydroxylation sites is 1. The molecule has 2 aromatic rings. The quantitative estimate of drug-likeness (QED) is 0.884. The molecule has 5 nitrogen and oxygen atoms in total. The van der Waals surface area contributed by atoms with Crippen LogP contribution in [0, 0.1) is 5.82 Å². The molecule has 2 atom stereocenters. The van der Waals surface area contributed by atoms with Crippen molar-refractivity contribution in [2.45, 2.75) is 37.8 Å². The summed E-state index contributed by atoms with van der Waals surface area (Å²) in [4.78, 5) is 19.6. The van der Waals surface area contributed by atoms with E-state index in [1.165, 1.54) is 18.9 Å². The zero-order valence-electron chi connectivity index (χ0n) is 14.6. The number of anilines is 2. The van der Waals surface area contributed by atoms with Crippen LogP contribution in [0.15, 0.2) is 42.6 Å². The van der Waals surface area contributed by atoms with Crippen molar-refractivity contribution in [2.75, 3.05) is 18.4 Å². The summed E-state index contributed by atoms with van der Waals surface area (Å²) >= 11 is 0. The number of carbonyl (C=O) groups excluding carboxylic acids is 1. The lowest BCUT2D eigenvalue weighted by atomic mass is 9.99. The number of nitrogens with zero attached hydrogens (tertiary/aromatic N) is 2. The number of fused-ring (bicyclic) bond motifs is 1. The lowest BCUT2D eigenvalue weighted by Crippen LogP contribution is -2.46. The van der Waals surface area contributed by atoms with E-state index in [1.807, 2.05) is 0 Å². The van der Waals surface area contributed by atoms with Gasteiger partial charge in [-0.2, -0.15) is 0 Å². The lowest BCUT2D eigenvalue weighted by molar-refractivity contribution is 0.0916. The van der Waals surface area contributed by atoms with Gasteiger partial charge < -0.3 is 10.6 Å². The molecule has 0 bridgehead atoms. The molecule has 3 heterocycles. The Labute approximate surface area is 152 Å². The Kier molecular flexibility index (Phi) is 4.84. The summed E-state index contributed by atoms with van der Waals surface area (Å²) in [5.74, 6) is -0.166. The van der Waals surface area contributed by atoms with E-state index in [0.29, 0.717) is 23.1 Å². The lowest BCUT2D eigenvalue weighted by Gasteiger charge is -2.32. The summed E-state index contributed by atoms with van der Waals surface area (Å²) in [6.07, 6.45) is 6.18. The van der Waals surface area contributed by atoms with Crippen molar-refractivity contribution in [3.05, 3.63) is 54.0 Å². The van der Waals surface area contributed by atoms with Crippen molar-refractivity contribution in [3.8, 4) is 0 Å². The molecule has 136 valence electrons. The van der Waals surface area contributed by atoms with Crippen LogP contribution in [-0.2, 0) is 0 Å². The van der Waals surface area contributed by atoms with Gasteiger partial charge in [0.15, 0.2) is 0 Å². The van der Waals surface area contributed by atoms with E-state index >= 15 is 0 Å². The Morgan fingerprint density at radius 2 is 2.00 bits per heavy atom. The molecule has 1 aromatic carbocycles. The minimum atomic E-state index is -0.377. The summed E-state index contributed by atoms with van der Waals surface area (Å²) < 4.78 is 13.9. The van der Waals surface area contributed by atoms with Crippen LogP contribution in [0.4, 0.5) is 15.9 Å². The molecule has 2 N–H and O–H groups in total. The van der Waals surface area contributed by atoms with Gasteiger partial charge in [-0.3, -0.25) is 9.69 Å². The molecule has 2 aliphatic rings. The normalized spacial score (nSPS) is 22.7. The second kappa shape index (κ2) is 7.41. The number of aromatic nitrogens is 1. The molecule has 0 aliphatic carbocycles. The Morgan fingerprint density at radius 1 is 1.12 bits per heavy atom. The third-order valence-electron chi connectivity index (χ3n) is 5.35. The molecule has 0 spiro atoms. The summed E-state index contributed by atoms with van der Waals surface area (Å²) in [6.45, 7) is 2.17. The summed E-state index contributed by atoms with van der Waals surface area (Å²) in [5, 5.41) is 6.13. The number of benzene rings is 1. The van der Waals surface area contributed by atoms with Crippen LogP contribution in [0.25, 0.3) is 0 Å². The maximum Gasteiger partial charge on any atom is 0.255 e. The first-order chi connectivity index (χ1) is 12.7. The highest BCUT2D eigenvalue weighted by Gasteiger charge is 2.36. The van der Waals surface area contributed by atoms with Gasteiger partial charge in [0.05, 0.1) is 11.3 Å². The molecule has 0 radical (unpaired) electrons. The third kappa shape index (κ3) is 3.42. The molecular weight excluding hydrogens is 331 g/mol. The number of hydrogen-bond acceptors (Lipinski definition) is 4. The number of halogens is 1. The predicted molar refractivity (Wildman–Crippen MR) is 99.0 cm³/mol. The van der Waals surface area contributed by atoms with Gasteiger partial charge in [-0.1, -0.05) is 18.6 Å². The average molecular weight is 354 g/mol. The highest BCUT2D eigenvalue weighted by molar-refractivity contribution is 5.99. The van der Waals surface area contributed by atoms with Crippen LogP contribution in [0.2, 0.25) is 0 Å². The number of rotatable bonds is 4. The molecular formula is C20H23FN4O. The number of hydrogen-bond donors (Lipinski definition) is 2. The topological polar surface area (TPSA) is 57.3 Å². The molecule has 1 amide bonds. The van der Waals surface area contributed by atoms with Crippen LogP contribution in [0.3, 0.4) is 0 Å². The minimum absolute atomic E-state index is 0.158. The van der Waals surface area contributed by atoms with E-state index in [9.17, 15) is 9.18 Å². The van der Waals surface area contributed by atoms with Gasteiger partial charge >= 0.3 is 0 Å². The smallest absolute Gasteiger partial charge is 0.255 e. The Morgan fingerprint density at radius 3 is 2.88 bits per heavy atom.